The van der Waals surface area contributed by atoms with Crippen molar-refractivity contribution in [2.24, 2.45) is 0 Å². The van der Waals surface area contributed by atoms with Gasteiger partial charge in [0.2, 0.25) is 0 Å². The number of benzene rings is 3. The molecule has 0 aliphatic heterocycles. The summed E-state index contributed by atoms with van der Waals surface area (Å²) in [4.78, 5) is 30.7. The normalized spacial score (nSPS) is 12.3. The molecule has 2 aromatic heterocycles. The van der Waals surface area contributed by atoms with Gasteiger partial charge in [0.25, 0.3) is 0 Å². The molecule has 1 N–H and O–H groups in total. The molecule has 5 rings (SSSR count). The first-order valence-corrected chi connectivity index (χ1v) is 13.4. The Labute approximate surface area is 238 Å². The molecular formula is C33H32N2O6. The highest BCUT2D eigenvalue weighted by molar-refractivity contribution is 6.09. The molecule has 1 atom stereocenters. The lowest BCUT2D eigenvalue weighted by atomic mass is 10.0. The van der Waals surface area contributed by atoms with Gasteiger partial charge in [-0.25, -0.2) is 14.6 Å². The van der Waals surface area contributed by atoms with E-state index in [1.54, 1.807) is 12.1 Å². The number of likely N-dealkylation sites (N-methyl/N-ethyl adjacent to an activating group) is 1. The smallest absolute Gasteiger partial charge is 0.354 e. The quantitative estimate of drug-likeness (QED) is 0.203. The molecule has 2 heterocycles. The summed E-state index contributed by atoms with van der Waals surface area (Å²) in [6, 6.07) is 25.4. The number of carboxylic acid groups (broad SMARTS) is 1. The summed E-state index contributed by atoms with van der Waals surface area (Å²) >= 11 is 0. The van der Waals surface area contributed by atoms with Crippen molar-refractivity contribution in [1.82, 2.24) is 4.98 Å². The van der Waals surface area contributed by atoms with Crippen LogP contribution in [0.1, 0.15) is 42.5 Å². The number of esters is 1. The van der Waals surface area contributed by atoms with E-state index in [1.807, 2.05) is 99.4 Å². The number of furan rings is 1. The predicted molar refractivity (Wildman–Crippen MR) is 157 cm³/mol. The molecule has 5 aromatic rings. The molecule has 0 amide bonds. The molecule has 0 fully saturated rings. The molecule has 0 saturated heterocycles. The topological polar surface area (TPSA) is 102 Å². The van der Waals surface area contributed by atoms with Crippen LogP contribution in [0, 0.1) is 0 Å². The number of aromatic carboxylic acids is 1. The molecule has 8 nitrogen and oxygen atoms in total. The van der Waals surface area contributed by atoms with Crippen LogP contribution >= 0.6 is 0 Å². The Morgan fingerprint density at radius 3 is 2.37 bits per heavy atom. The average molecular weight is 553 g/mol. The standard InChI is InChI=1S/C33H32N2O6/c1-33(2,3)41-32(38)28(35(4)27-13-8-11-25-24-10-5-6-14-29(24)40-30(25)27)19-21-15-17-23(18-16-21)39-20-22-9-7-12-26(34-22)31(36)37/h5-18,28H,19-20H2,1-4H3,(H,36,37)/t28-/m0/s1. The van der Waals surface area contributed by atoms with Crippen LogP contribution in [0.3, 0.4) is 0 Å². The van der Waals surface area contributed by atoms with E-state index in [2.05, 4.69) is 4.98 Å². The van der Waals surface area contributed by atoms with Gasteiger partial charge in [-0.3, -0.25) is 0 Å². The molecular weight excluding hydrogens is 520 g/mol. The van der Waals surface area contributed by atoms with Crippen LogP contribution in [0.15, 0.2) is 89.3 Å². The van der Waals surface area contributed by atoms with Crippen LogP contribution in [-0.2, 0) is 22.6 Å². The second-order valence-electron chi connectivity index (χ2n) is 10.9. The van der Waals surface area contributed by atoms with Gasteiger partial charge in [-0.2, -0.15) is 0 Å². The van der Waals surface area contributed by atoms with Crippen molar-refractivity contribution < 1.29 is 28.6 Å². The Morgan fingerprint density at radius 1 is 0.927 bits per heavy atom. The highest BCUT2D eigenvalue weighted by Crippen LogP contribution is 2.36. The zero-order valence-corrected chi connectivity index (χ0v) is 23.5. The fourth-order valence-corrected chi connectivity index (χ4v) is 4.71. The lowest BCUT2D eigenvalue weighted by molar-refractivity contribution is -0.156. The molecule has 0 aliphatic rings. The summed E-state index contributed by atoms with van der Waals surface area (Å²) in [5, 5.41) is 11.2. The van der Waals surface area contributed by atoms with Crippen LogP contribution in [0.4, 0.5) is 5.69 Å². The van der Waals surface area contributed by atoms with Gasteiger partial charge >= 0.3 is 11.9 Å². The Morgan fingerprint density at radius 2 is 1.63 bits per heavy atom. The fraction of sp³-hybridized carbons (Fsp3) is 0.242. The number of ether oxygens (including phenoxy) is 2. The zero-order chi connectivity index (χ0) is 29.1. The minimum absolute atomic E-state index is 0.0305. The Hall–Kier alpha value is -4.85. The predicted octanol–water partition coefficient (Wildman–Crippen LogP) is 6.65. The minimum Gasteiger partial charge on any atom is -0.487 e. The van der Waals surface area contributed by atoms with Crippen molar-refractivity contribution in [2.45, 2.75) is 45.4 Å². The second-order valence-corrected chi connectivity index (χ2v) is 10.9. The molecule has 0 bridgehead atoms. The minimum atomic E-state index is -1.09. The molecule has 3 aromatic carbocycles. The number of pyridine rings is 1. The largest absolute Gasteiger partial charge is 0.487 e. The molecule has 0 unspecified atom stereocenters. The lowest BCUT2D eigenvalue weighted by Gasteiger charge is -2.31. The van der Waals surface area contributed by atoms with Crippen LogP contribution in [0.2, 0.25) is 0 Å². The average Bonchev–Trinajstić information content (AvgIpc) is 3.33. The summed E-state index contributed by atoms with van der Waals surface area (Å²) in [7, 11) is 1.88. The molecule has 0 radical (unpaired) electrons. The van der Waals surface area contributed by atoms with Gasteiger partial charge < -0.3 is 23.9 Å². The second kappa shape index (κ2) is 11.3. The molecule has 0 spiro atoms. The summed E-state index contributed by atoms with van der Waals surface area (Å²) < 4.78 is 17.9. The van der Waals surface area contributed by atoms with Crippen molar-refractivity contribution in [2.75, 3.05) is 11.9 Å². The fourth-order valence-electron chi connectivity index (χ4n) is 4.71. The number of aromatic nitrogens is 1. The van der Waals surface area contributed by atoms with Crippen molar-refractivity contribution in [3.05, 3.63) is 102 Å². The first kappa shape index (κ1) is 27.7. The van der Waals surface area contributed by atoms with E-state index >= 15 is 0 Å². The lowest BCUT2D eigenvalue weighted by Crippen LogP contribution is -2.44. The van der Waals surface area contributed by atoms with Crippen molar-refractivity contribution in [3.63, 3.8) is 0 Å². The number of nitrogens with zero attached hydrogens (tertiary/aromatic N) is 2. The molecule has 8 heteroatoms. The van der Waals surface area contributed by atoms with E-state index in [-0.39, 0.29) is 18.3 Å². The number of para-hydroxylation sites is 2. The van der Waals surface area contributed by atoms with Crippen LogP contribution in [0.25, 0.3) is 21.9 Å². The number of carbonyl (C=O) groups is 2. The van der Waals surface area contributed by atoms with Crippen LogP contribution < -0.4 is 9.64 Å². The number of carbonyl (C=O) groups excluding carboxylic acids is 1. The third-order valence-electron chi connectivity index (χ3n) is 6.67. The molecule has 210 valence electrons. The van der Waals surface area contributed by atoms with Crippen molar-refractivity contribution in [1.29, 1.82) is 0 Å². The molecule has 0 aliphatic carbocycles. The zero-order valence-electron chi connectivity index (χ0n) is 23.5. The van der Waals surface area contributed by atoms with Crippen LogP contribution in [0.5, 0.6) is 5.75 Å². The first-order valence-electron chi connectivity index (χ1n) is 13.4. The number of carboxylic acids is 1. The number of anilines is 1. The Kier molecular flexibility index (Phi) is 7.66. The molecule has 0 saturated carbocycles. The Balaban J connectivity index is 1.38. The van der Waals surface area contributed by atoms with E-state index in [0.29, 0.717) is 23.4 Å². The van der Waals surface area contributed by atoms with Crippen LogP contribution in [-0.4, -0.2) is 40.7 Å². The van der Waals surface area contributed by atoms with Gasteiger partial charge in [-0.15, -0.1) is 0 Å². The highest BCUT2D eigenvalue weighted by Gasteiger charge is 2.30. The van der Waals surface area contributed by atoms with E-state index in [0.717, 1.165) is 27.6 Å². The number of hydrogen-bond donors (Lipinski definition) is 1. The van der Waals surface area contributed by atoms with Crippen molar-refractivity contribution >= 4 is 39.6 Å². The van der Waals surface area contributed by atoms with Gasteiger partial charge in [0.15, 0.2) is 5.58 Å². The first-order chi connectivity index (χ1) is 19.6. The monoisotopic (exact) mass is 552 g/mol. The number of fused-ring (bicyclic) bond motifs is 3. The highest BCUT2D eigenvalue weighted by atomic mass is 16.6. The summed E-state index contributed by atoms with van der Waals surface area (Å²) in [6.45, 7) is 5.70. The van der Waals surface area contributed by atoms with E-state index in [9.17, 15) is 9.59 Å². The van der Waals surface area contributed by atoms with E-state index in [1.165, 1.54) is 6.07 Å². The SMILES string of the molecule is CN(c1cccc2c1oc1ccccc12)[C@@H](Cc1ccc(OCc2cccc(C(=O)O)n2)cc1)C(=O)OC(C)(C)C. The number of rotatable bonds is 9. The third kappa shape index (κ3) is 6.32. The van der Waals surface area contributed by atoms with Gasteiger partial charge in [-0.1, -0.05) is 48.5 Å². The molecule has 41 heavy (non-hydrogen) atoms. The summed E-state index contributed by atoms with van der Waals surface area (Å²) in [6.07, 6.45) is 0.393. The van der Waals surface area contributed by atoms with Gasteiger partial charge in [0, 0.05) is 24.2 Å². The van der Waals surface area contributed by atoms with Gasteiger partial charge in [0.1, 0.15) is 35.3 Å². The van der Waals surface area contributed by atoms with E-state index < -0.39 is 17.6 Å². The maximum atomic E-state index is 13.5. The van der Waals surface area contributed by atoms with Gasteiger partial charge in [-0.05, 0) is 62.7 Å². The Bertz CT molecular complexity index is 1700. The summed E-state index contributed by atoms with van der Waals surface area (Å²) in [5.74, 6) is -0.819. The maximum absolute atomic E-state index is 13.5. The van der Waals surface area contributed by atoms with E-state index in [4.69, 9.17) is 19.0 Å². The number of hydrogen-bond acceptors (Lipinski definition) is 7. The van der Waals surface area contributed by atoms with Crippen molar-refractivity contribution in [3.8, 4) is 5.75 Å². The third-order valence-corrected chi connectivity index (χ3v) is 6.67. The summed E-state index contributed by atoms with van der Waals surface area (Å²) in [5.41, 5.74) is 3.06. The van der Waals surface area contributed by atoms with Gasteiger partial charge in [0.05, 0.1) is 11.4 Å². The maximum Gasteiger partial charge on any atom is 0.354 e.